The molecule has 0 saturated heterocycles. The number of anilines is 2. The predicted molar refractivity (Wildman–Crippen MR) is 160 cm³/mol. The van der Waals surface area contributed by atoms with Crippen molar-refractivity contribution in [1.29, 1.82) is 0 Å². The van der Waals surface area contributed by atoms with Gasteiger partial charge in [0.05, 0.1) is 27.4 Å². The Labute approximate surface area is 243 Å². The van der Waals surface area contributed by atoms with E-state index in [2.05, 4.69) is 20.6 Å². The molecule has 2 unspecified atom stereocenters. The van der Waals surface area contributed by atoms with Crippen LogP contribution in [0.4, 0.5) is 20.5 Å². The summed E-state index contributed by atoms with van der Waals surface area (Å²) in [5.41, 5.74) is 3.19. The van der Waals surface area contributed by atoms with Gasteiger partial charge < -0.3 is 10.6 Å². The van der Waals surface area contributed by atoms with Crippen molar-refractivity contribution < 1.29 is 17.2 Å². The fourth-order valence-corrected chi connectivity index (χ4v) is 7.39. The third-order valence-corrected chi connectivity index (χ3v) is 9.39. The van der Waals surface area contributed by atoms with Gasteiger partial charge >= 0.3 is 0 Å². The number of hydrogen-bond acceptors (Lipinski definition) is 9. The molecule has 0 radical (unpaired) electrons. The van der Waals surface area contributed by atoms with Crippen LogP contribution in [-0.4, -0.2) is 46.4 Å². The first-order valence-corrected chi connectivity index (χ1v) is 16.7. The Hall–Kier alpha value is -3.25. The van der Waals surface area contributed by atoms with Crippen molar-refractivity contribution in [2.24, 2.45) is 5.92 Å². The first kappa shape index (κ1) is 29.2. The highest BCUT2D eigenvalue weighted by Gasteiger charge is 2.29. The van der Waals surface area contributed by atoms with Crippen molar-refractivity contribution in [3.63, 3.8) is 0 Å². The molecule has 0 aliphatic heterocycles. The monoisotopic (exact) mass is 600 g/mol. The highest BCUT2D eigenvalue weighted by molar-refractivity contribution is 7.90. The zero-order chi connectivity index (χ0) is 29.3. The second-order valence-electron chi connectivity index (χ2n) is 10.9. The van der Waals surface area contributed by atoms with Crippen molar-refractivity contribution in [2.45, 2.75) is 65.0 Å². The number of rotatable bonds is 12. The van der Waals surface area contributed by atoms with Gasteiger partial charge in [0.25, 0.3) is 0 Å². The third-order valence-electron chi connectivity index (χ3n) is 7.27. The zero-order valence-corrected chi connectivity index (χ0v) is 25.2. The fourth-order valence-electron chi connectivity index (χ4n) is 5.09. The molecule has 4 aromatic rings. The van der Waals surface area contributed by atoms with Gasteiger partial charge in [-0.1, -0.05) is 19.4 Å². The van der Waals surface area contributed by atoms with Gasteiger partial charge in [-0.05, 0) is 57.2 Å². The molecule has 3 aromatic heterocycles. The summed E-state index contributed by atoms with van der Waals surface area (Å²) in [4.78, 5) is 18.9. The first-order valence-electron chi connectivity index (χ1n) is 13.8. The number of hydrogen-bond donors (Lipinski definition) is 2. The minimum absolute atomic E-state index is 0.0184. The Morgan fingerprint density at radius 1 is 1.12 bits per heavy atom. The number of fused-ring (bicyclic) bond motifs is 1. The van der Waals surface area contributed by atoms with Crippen LogP contribution in [0.2, 0.25) is 0 Å². The van der Waals surface area contributed by atoms with E-state index in [1.807, 2.05) is 33.0 Å². The molecule has 5 rings (SSSR count). The smallest absolute Gasteiger partial charge is 0.225 e. The predicted octanol–water partition coefficient (Wildman–Crippen LogP) is 6.49. The molecule has 1 aliphatic carbocycles. The molecule has 0 spiro atoms. The summed E-state index contributed by atoms with van der Waals surface area (Å²) in [6.07, 6.45) is 6.65. The van der Waals surface area contributed by atoms with E-state index < -0.39 is 21.5 Å². The van der Waals surface area contributed by atoms with E-state index in [0.717, 1.165) is 45.7 Å². The molecule has 1 saturated carbocycles. The lowest BCUT2D eigenvalue weighted by atomic mass is 10.00. The summed E-state index contributed by atoms with van der Waals surface area (Å²) in [7, 11) is -3.12. The maximum absolute atomic E-state index is 14.2. The number of aryl methyl sites for hydroxylation is 1. The van der Waals surface area contributed by atoms with Gasteiger partial charge in [-0.2, -0.15) is 4.98 Å². The fraction of sp³-hybridized carbons (Fsp3) is 0.448. The highest BCUT2D eigenvalue weighted by atomic mass is 32.2. The van der Waals surface area contributed by atoms with Crippen LogP contribution in [-0.2, 0) is 16.4 Å². The second kappa shape index (κ2) is 11.9. The van der Waals surface area contributed by atoms with E-state index in [4.69, 9.17) is 9.97 Å². The van der Waals surface area contributed by atoms with E-state index >= 15 is 0 Å². The van der Waals surface area contributed by atoms with E-state index in [0.29, 0.717) is 23.9 Å². The van der Waals surface area contributed by atoms with Gasteiger partial charge in [-0.25, -0.2) is 27.2 Å². The number of benzene rings is 1. The maximum Gasteiger partial charge on any atom is 0.225 e. The van der Waals surface area contributed by atoms with Crippen molar-refractivity contribution in [3.8, 4) is 10.6 Å². The number of sulfone groups is 1. The molecule has 218 valence electrons. The minimum atomic E-state index is -3.12. The summed E-state index contributed by atoms with van der Waals surface area (Å²) in [5, 5.41) is 7.19. The van der Waals surface area contributed by atoms with Gasteiger partial charge in [0.15, 0.2) is 0 Å². The quantitative estimate of drug-likeness (QED) is 0.190. The van der Waals surface area contributed by atoms with Crippen LogP contribution in [0.15, 0.2) is 30.5 Å². The molecule has 1 aromatic carbocycles. The third kappa shape index (κ3) is 6.98. The van der Waals surface area contributed by atoms with Crippen molar-refractivity contribution in [2.75, 3.05) is 22.6 Å². The Kier molecular flexibility index (Phi) is 8.51. The molecule has 12 heteroatoms. The first-order chi connectivity index (χ1) is 19.5. The van der Waals surface area contributed by atoms with Crippen LogP contribution >= 0.6 is 11.3 Å². The molecule has 3 heterocycles. The summed E-state index contributed by atoms with van der Waals surface area (Å²) in [6.45, 7) is 5.70. The molecule has 1 aliphatic rings. The average Bonchev–Trinajstić information content (AvgIpc) is 3.65. The Morgan fingerprint density at radius 3 is 2.51 bits per heavy atom. The number of pyridine rings is 1. The Balaban J connectivity index is 1.50. The number of aromatic nitrogens is 4. The summed E-state index contributed by atoms with van der Waals surface area (Å²) >= 11 is 1.54. The van der Waals surface area contributed by atoms with Crippen LogP contribution in [0, 0.1) is 24.5 Å². The van der Waals surface area contributed by atoms with E-state index in [-0.39, 0.29) is 35.8 Å². The summed E-state index contributed by atoms with van der Waals surface area (Å²) < 4.78 is 53.4. The van der Waals surface area contributed by atoms with Crippen molar-refractivity contribution >= 4 is 43.2 Å². The summed E-state index contributed by atoms with van der Waals surface area (Å²) in [6, 6.07) is 5.59. The summed E-state index contributed by atoms with van der Waals surface area (Å²) in [5.74, 6) is -0.0253. The van der Waals surface area contributed by atoms with E-state index in [1.165, 1.54) is 24.5 Å². The molecule has 0 bridgehead atoms. The van der Waals surface area contributed by atoms with Crippen LogP contribution in [0.25, 0.3) is 20.8 Å². The topological polar surface area (TPSA) is 110 Å². The standard InChI is InChI=1S/C29H34F2N6O2S2/c1-5-18(15-41(4,38)39)13-16(2)34-27-24(28-36-26-23(40-28)11-12-32-25(26)19-9-10-19)17(3)35-29(37-27)33-14-20-21(30)7-6-8-22(20)31/h6-8,11-12,16,18-19H,5,9-10,13-15H2,1-4H3,(H2,33,34,35,37). The van der Waals surface area contributed by atoms with Crippen LogP contribution in [0.5, 0.6) is 0 Å². The SMILES string of the molecule is CCC(CC(C)Nc1nc(NCc2c(F)cccc2F)nc(C)c1-c1nc2c(C3CC3)nccc2s1)CS(C)(=O)=O. The van der Waals surface area contributed by atoms with Gasteiger partial charge in [0.2, 0.25) is 5.95 Å². The zero-order valence-electron chi connectivity index (χ0n) is 23.5. The highest BCUT2D eigenvalue weighted by Crippen LogP contribution is 2.44. The number of nitrogens with zero attached hydrogens (tertiary/aromatic N) is 4. The van der Waals surface area contributed by atoms with Gasteiger partial charge in [-0.15, -0.1) is 11.3 Å². The number of halogens is 2. The minimum Gasteiger partial charge on any atom is -0.367 e. The normalized spacial score (nSPS) is 15.2. The molecule has 41 heavy (non-hydrogen) atoms. The maximum atomic E-state index is 14.2. The van der Waals surface area contributed by atoms with Crippen molar-refractivity contribution in [3.05, 3.63) is 59.0 Å². The molecule has 1 fully saturated rings. The van der Waals surface area contributed by atoms with E-state index in [9.17, 15) is 17.2 Å². The lowest BCUT2D eigenvalue weighted by Gasteiger charge is -2.22. The molecule has 8 nitrogen and oxygen atoms in total. The van der Waals surface area contributed by atoms with Crippen LogP contribution in [0.3, 0.4) is 0 Å². The Morgan fingerprint density at radius 2 is 1.85 bits per heavy atom. The lowest BCUT2D eigenvalue weighted by molar-refractivity contribution is 0.477. The molecule has 2 N–H and O–H groups in total. The average molecular weight is 601 g/mol. The van der Waals surface area contributed by atoms with Crippen molar-refractivity contribution in [1.82, 2.24) is 19.9 Å². The molecule has 0 amide bonds. The van der Waals surface area contributed by atoms with Crippen LogP contribution in [0.1, 0.15) is 62.4 Å². The largest absolute Gasteiger partial charge is 0.367 e. The molecular formula is C29H34F2N6O2S2. The van der Waals surface area contributed by atoms with Gasteiger partial charge in [0, 0.05) is 36.5 Å². The second-order valence-corrected chi connectivity index (χ2v) is 14.1. The molecular weight excluding hydrogens is 566 g/mol. The molecule has 2 atom stereocenters. The van der Waals surface area contributed by atoms with Gasteiger partial charge in [-0.3, -0.25) is 4.98 Å². The van der Waals surface area contributed by atoms with Crippen LogP contribution < -0.4 is 10.6 Å². The van der Waals surface area contributed by atoms with Gasteiger partial charge in [0.1, 0.15) is 37.8 Å². The number of thiazole rings is 1. The van der Waals surface area contributed by atoms with E-state index in [1.54, 1.807) is 11.3 Å². The number of nitrogens with one attached hydrogen (secondary N) is 2. The Bertz CT molecular complexity index is 1650. The lowest BCUT2D eigenvalue weighted by Crippen LogP contribution is -2.25.